The summed E-state index contributed by atoms with van der Waals surface area (Å²) in [6, 6.07) is 7.80. The van der Waals surface area contributed by atoms with Crippen molar-refractivity contribution in [1.29, 1.82) is 0 Å². The normalized spacial score (nSPS) is 20.7. The molecular weight excluding hydrogens is 334 g/mol. The Bertz CT molecular complexity index is 838. The number of carbonyl (C=O) groups excluding carboxylic acids is 1. The fourth-order valence-electron chi connectivity index (χ4n) is 2.56. The van der Waals surface area contributed by atoms with Crippen LogP contribution in [0, 0.1) is 5.92 Å². The van der Waals surface area contributed by atoms with Gasteiger partial charge in [0.1, 0.15) is 5.01 Å². The molecule has 0 aliphatic carbocycles. The minimum Gasteiger partial charge on any atom is -0.273 e. The lowest BCUT2D eigenvalue weighted by Crippen LogP contribution is -2.22. The minimum absolute atomic E-state index is 0.0982. The molecule has 1 atom stereocenters. The van der Waals surface area contributed by atoms with Gasteiger partial charge in [0.05, 0.1) is 27.4 Å². The van der Waals surface area contributed by atoms with Gasteiger partial charge in [-0.25, -0.2) is 18.8 Å². The van der Waals surface area contributed by atoms with Gasteiger partial charge in [-0.3, -0.25) is 4.79 Å². The van der Waals surface area contributed by atoms with Crippen LogP contribution in [-0.2, 0) is 14.6 Å². The average Bonchev–Trinajstić information content (AvgIpc) is 3.07. The van der Waals surface area contributed by atoms with Crippen molar-refractivity contribution in [3.8, 4) is 0 Å². The molecule has 3 rings (SSSR count). The molecule has 1 N–H and O–H groups in total. The van der Waals surface area contributed by atoms with Crippen LogP contribution in [0.2, 0.25) is 0 Å². The van der Waals surface area contributed by atoms with Crippen LogP contribution in [0.5, 0.6) is 0 Å². The van der Waals surface area contributed by atoms with E-state index >= 15 is 0 Å². The molecule has 1 aliphatic rings. The number of nitrogens with zero attached hydrogens (tertiary/aromatic N) is 2. The number of hydrogen-bond donors (Lipinski definition) is 1. The standard InChI is InChI=1S/C15H17N3O3S2/c1-10(15-16-12-4-2-3-5-13(12)22-15)17-18-14(19)8-11-6-7-23(20,21)9-11/h2-5,11H,6-9H2,1H3,(H,18,19)/b17-10-/t11-/m1/s1. The van der Waals surface area contributed by atoms with Gasteiger partial charge in [-0.15, -0.1) is 11.3 Å². The summed E-state index contributed by atoms with van der Waals surface area (Å²) in [7, 11) is -2.95. The molecular formula is C15H17N3O3S2. The molecule has 0 unspecified atom stereocenters. The number of carbonyl (C=O) groups is 1. The molecule has 0 spiro atoms. The second-order valence-corrected chi connectivity index (χ2v) is 8.95. The van der Waals surface area contributed by atoms with E-state index in [1.54, 1.807) is 6.92 Å². The Kier molecular flexibility index (Phi) is 4.45. The highest BCUT2D eigenvalue weighted by molar-refractivity contribution is 7.91. The van der Waals surface area contributed by atoms with Gasteiger partial charge in [-0.1, -0.05) is 12.1 Å². The van der Waals surface area contributed by atoms with E-state index in [0.29, 0.717) is 12.1 Å². The zero-order chi connectivity index (χ0) is 16.4. The van der Waals surface area contributed by atoms with E-state index in [1.807, 2.05) is 24.3 Å². The maximum atomic E-state index is 11.9. The van der Waals surface area contributed by atoms with Crippen molar-refractivity contribution in [3.63, 3.8) is 0 Å². The Morgan fingerprint density at radius 1 is 1.43 bits per heavy atom. The molecule has 1 fully saturated rings. The lowest BCUT2D eigenvalue weighted by molar-refractivity contribution is -0.121. The van der Waals surface area contributed by atoms with E-state index < -0.39 is 9.84 Å². The maximum absolute atomic E-state index is 11.9. The summed E-state index contributed by atoms with van der Waals surface area (Å²) in [5, 5.41) is 4.84. The summed E-state index contributed by atoms with van der Waals surface area (Å²) >= 11 is 1.52. The molecule has 2 heterocycles. The van der Waals surface area contributed by atoms with E-state index in [0.717, 1.165) is 15.2 Å². The Hall–Kier alpha value is -1.80. The molecule has 8 heteroatoms. The van der Waals surface area contributed by atoms with Crippen LogP contribution < -0.4 is 5.43 Å². The first kappa shape index (κ1) is 16.1. The van der Waals surface area contributed by atoms with Gasteiger partial charge >= 0.3 is 0 Å². The van der Waals surface area contributed by atoms with Crippen molar-refractivity contribution in [2.75, 3.05) is 11.5 Å². The number of thiazole rings is 1. The summed E-state index contributed by atoms with van der Waals surface area (Å²) in [4.78, 5) is 16.4. The monoisotopic (exact) mass is 351 g/mol. The number of hydrazone groups is 1. The van der Waals surface area contributed by atoms with Gasteiger partial charge in [0.25, 0.3) is 0 Å². The van der Waals surface area contributed by atoms with Crippen LogP contribution in [0.15, 0.2) is 29.4 Å². The number of nitrogens with one attached hydrogen (secondary N) is 1. The number of para-hydroxylation sites is 1. The van der Waals surface area contributed by atoms with Gasteiger partial charge in [0.15, 0.2) is 9.84 Å². The molecule has 122 valence electrons. The maximum Gasteiger partial charge on any atom is 0.240 e. The number of sulfone groups is 1. The Morgan fingerprint density at radius 2 is 2.22 bits per heavy atom. The molecule has 1 saturated heterocycles. The third-order valence-corrected chi connectivity index (χ3v) is 6.73. The van der Waals surface area contributed by atoms with Gasteiger partial charge in [0, 0.05) is 6.42 Å². The summed E-state index contributed by atoms with van der Waals surface area (Å²) in [5.41, 5.74) is 4.04. The molecule has 23 heavy (non-hydrogen) atoms. The van der Waals surface area contributed by atoms with Crippen LogP contribution in [0.3, 0.4) is 0 Å². The zero-order valence-electron chi connectivity index (χ0n) is 12.7. The third kappa shape index (κ3) is 3.94. The molecule has 1 amide bonds. The average molecular weight is 351 g/mol. The lowest BCUT2D eigenvalue weighted by Gasteiger charge is -2.05. The first-order valence-corrected chi connectivity index (χ1v) is 9.96. The molecule has 0 radical (unpaired) electrons. The topological polar surface area (TPSA) is 88.5 Å². The summed E-state index contributed by atoms with van der Waals surface area (Å²) in [5.74, 6) is -0.0783. The molecule has 1 aliphatic heterocycles. The number of fused-ring (bicyclic) bond motifs is 1. The highest BCUT2D eigenvalue weighted by Gasteiger charge is 2.29. The Morgan fingerprint density at radius 3 is 2.91 bits per heavy atom. The quantitative estimate of drug-likeness (QED) is 0.674. The Labute approximate surface area is 138 Å². The number of rotatable bonds is 4. The number of aromatic nitrogens is 1. The van der Waals surface area contributed by atoms with Crippen molar-refractivity contribution in [1.82, 2.24) is 10.4 Å². The van der Waals surface area contributed by atoms with Crippen molar-refractivity contribution in [2.45, 2.75) is 19.8 Å². The highest BCUT2D eigenvalue weighted by Crippen LogP contribution is 2.22. The molecule has 1 aromatic heterocycles. The largest absolute Gasteiger partial charge is 0.273 e. The smallest absolute Gasteiger partial charge is 0.240 e. The van der Waals surface area contributed by atoms with Crippen LogP contribution in [-0.4, -0.2) is 36.5 Å². The highest BCUT2D eigenvalue weighted by atomic mass is 32.2. The van der Waals surface area contributed by atoms with Crippen molar-refractivity contribution in [2.24, 2.45) is 11.0 Å². The Balaban J connectivity index is 1.61. The summed E-state index contributed by atoms with van der Waals surface area (Å²) in [6.45, 7) is 1.79. The molecule has 0 bridgehead atoms. The first-order valence-electron chi connectivity index (χ1n) is 7.32. The van der Waals surface area contributed by atoms with Gasteiger partial charge in [-0.2, -0.15) is 5.10 Å². The van der Waals surface area contributed by atoms with E-state index in [1.165, 1.54) is 11.3 Å². The lowest BCUT2D eigenvalue weighted by atomic mass is 10.1. The number of benzene rings is 1. The van der Waals surface area contributed by atoms with E-state index in [9.17, 15) is 13.2 Å². The molecule has 6 nitrogen and oxygen atoms in total. The SMILES string of the molecule is C/C(=N/NC(=O)C[C@H]1CCS(=O)(=O)C1)c1nc2ccccc2s1. The van der Waals surface area contributed by atoms with Crippen molar-refractivity contribution in [3.05, 3.63) is 29.3 Å². The van der Waals surface area contributed by atoms with Crippen molar-refractivity contribution < 1.29 is 13.2 Å². The van der Waals surface area contributed by atoms with Crippen LogP contribution >= 0.6 is 11.3 Å². The van der Waals surface area contributed by atoms with E-state index in [-0.39, 0.29) is 29.8 Å². The molecule has 0 saturated carbocycles. The number of amides is 1. The van der Waals surface area contributed by atoms with Gasteiger partial charge in [0.2, 0.25) is 5.91 Å². The predicted molar refractivity (Wildman–Crippen MR) is 91.4 cm³/mol. The van der Waals surface area contributed by atoms with Crippen LogP contribution in [0.25, 0.3) is 10.2 Å². The summed E-state index contributed by atoms with van der Waals surface area (Å²) < 4.78 is 23.9. The van der Waals surface area contributed by atoms with Crippen molar-refractivity contribution >= 4 is 43.0 Å². The first-order chi connectivity index (χ1) is 10.9. The summed E-state index contributed by atoms with van der Waals surface area (Å²) in [6.07, 6.45) is 0.742. The predicted octanol–water partition coefficient (Wildman–Crippen LogP) is 1.96. The van der Waals surface area contributed by atoms with Gasteiger partial charge in [-0.05, 0) is 31.4 Å². The van der Waals surface area contributed by atoms with Gasteiger partial charge < -0.3 is 0 Å². The zero-order valence-corrected chi connectivity index (χ0v) is 14.3. The van der Waals surface area contributed by atoms with Crippen LogP contribution in [0.1, 0.15) is 24.8 Å². The second-order valence-electron chi connectivity index (χ2n) is 5.69. The minimum atomic E-state index is -2.95. The second kappa shape index (κ2) is 6.37. The number of hydrogen-bond acceptors (Lipinski definition) is 6. The third-order valence-electron chi connectivity index (χ3n) is 3.75. The fourth-order valence-corrected chi connectivity index (χ4v) is 5.33. The van der Waals surface area contributed by atoms with E-state index in [4.69, 9.17) is 0 Å². The fraction of sp³-hybridized carbons (Fsp3) is 0.400. The molecule has 1 aromatic carbocycles. The van der Waals surface area contributed by atoms with E-state index in [2.05, 4.69) is 15.5 Å². The van der Waals surface area contributed by atoms with Crippen LogP contribution in [0.4, 0.5) is 0 Å². The molecule has 2 aromatic rings.